The van der Waals surface area contributed by atoms with Crippen LogP contribution in [0.5, 0.6) is 0 Å². The first-order valence-corrected chi connectivity index (χ1v) is 7.59. The quantitative estimate of drug-likeness (QED) is 0.708. The van der Waals surface area contributed by atoms with Crippen LogP contribution in [0.4, 0.5) is 0 Å². The summed E-state index contributed by atoms with van der Waals surface area (Å²) in [5, 5.41) is 12.3. The highest BCUT2D eigenvalue weighted by atomic mass is 16.5. The van der Waals surface area contributed by atoms with E-state index in [0.717, 1.165) is 19.4 Å². The van der Waals surface area contributed by atoms with Crippen LogP contribution in [0.25, 0.3) is 0 Å². The lowest BCUT2D eigenvalue weighted by atomic mass is 9.46. The maximum atomic E-state index is 12.7. The maximum absolute atomic E-state index is 12.7. The number of carbonyl (C=O) groups is 1. The van der Waals surface area contributed by atoms with Gasteiger partial charge in [0.1, 0.15) is 5.54 Å². The molecule has 1 aliphatic heterocycles. The van der Waals surface area contributed by atoms with Crippen molar-refractivity contribution in [2.75, 3.05) is 13.2 Å². The van der Waals surface area contributed by atoms with Gasteiger partial charge in [-0.2, -0.15) is 0 Å². The van der Waals surface area contributed by atoms with Gasteiger partial charge < -0.3 is 20.9 Å². The largest absolute Gasteiger partial charge is 0.394 e. The molecule has 0 bridgehead atoms. The first-order valence-electron chi connectivity index (χ1n) is 7.59. The van der Waals surface area contributed by atoms with Crippen molar-refractivity contribution < 1.29 is 14.6 Å². The molecule has 2 fully saturated rings. The Morgan fingerprint density at radius 1 is 1.50 bits per heavy atom. The summed E-state index contributed by atoms with van der Waals surface area (Å²) in [6.07, 6.45) is 1.96. The molecular weight excluding hydrogens is 256 g/mol. The Bertz CT molecular complexity index is 383. The Kier molecular flexibility index (Phi) is 4.15. The number of hydrogen-bond acceptors (Lipinski definition) is 4. The molecule has 20 heavy (non-hydrogen) atoms. The lowest BCUT2D eigenvalue weighted by Crippen LogP contribution is -2.82. The molecule has 0 spiro atoms. The topological polar surface area (TPSA) is 84.6 Å². The van der Waals surface area contributed by atoms with E-state index in [1.165, 1.54) is 0 Å². The molecule has 0 aromatic heterocycles. The molecule has 4 N–H and O–H groups in total. The van der Waals surface area contributed by atoms with Crippen molar-refractivity contribution in [3.63, 3.8) is 0 Å². The summed E-state index contributed by atoms with van der Waals surface area (Å²) in [6.45, 7) is 8.65. The van der Waals surface area contributed by atoms with Gasteiger partial charge in [0.15, 0.2) is 0 Å². The molecule has 116 valence electrons. The lowest BCUT2D eigenvalue weighted by Gasteiger charge is -2.65. The van der Waals surface area contributed by atoms with Crippen molar-refractivity contribution in [3.05, 3.63) is 0 Å². The monoisotopic (exact) mass is 284 g/mol. The number of fused-ring (bicyclic) bond motifs is 1. The van der Waals surface area contributed by atoms with E-state index in [1.807, 2.05) is 27.7 Å². The molecule has 0 radical (unpaired) electrons. The van der Waals surface area contributed by atoms with Crippen LogP contribution >= 0.6 is 0 Å². The number of aliphatic hydroxyl groups is 1. The summed E-state index contributed by atoms with van der Waals surface area (Å²) in [7, 11) is 0. The standard InChI is InChI=1S/C15H28N2O3/c1-9(2)11(8-18)17-13(19)15(16)10-6-5-7-20-12(10)14(15,3)4/h9-12,18H,5-8,16H2,1-4H3,(H,17,19)/t10?,11-,12?,15?/m1/s1. The summed E-state index contributed by atoms with van der Waals surface area (Å²) >= 11 is 0. The molecule has 0 aromatic carbocycles. The minimum Gasteiger partial charge on any atom is -0.394 e. The predicted molar refractivity (Wildman–Crippen MR) is 77.0 cm³/mol. The molecule has 2 aliphatic rings. The van der Waals surface area contributed by atoms with E-state index in [4.69, 9.17) is 10.5 Å². The third-order valence-electron chi connectivity index (χ3n) is 5.38. The van der Waals surface area contributed by atoms with Gasteiger partial charge in [0.2, 0.25) is 5.91 Å². The molecule has 5 nitrogen and oxygen atoms in total. The van der Waals surface area contributed by atoms with E-state index in [-0.39, 0.29) is 41.9 Å². The molecule has 0 aromatic rings. The highest BCUT2D eigenvalue weighted by Crippen LogP contribution is 2.57. The number of carbonyl (C=O) groups excluding carboxylic acids is 1. The van der Waals surface area contributed by atoms with E-state index >= 15 is 0 Å². The number of ether oxygens (including phenoxy) is 1. The summed E-state index contributed by atoms with van der Waals surface area (Å²) in [6, 6.07) is -0.248. The number of rotatable bonds is 4. The van der Waals surface area contributed by atoms with Crippen LogP contribution in [0, 0.1) is 17.3 Å². The van der Waals surface area contributed by atoms with Gasteiger partial charge in [0.05, 0.1) is 18.8 Å². The zero-order valence-electron chi connectivity index (χ0n) is 13.0. The number of aliphatic hydroxyl groups excluding tert-OH is 1. The smallest absolute Gasteiger partial charge is 0.241 e. The molecule has 1 saturated carbocycles. The second-order valence-corrected chi connectivity index (χ2v) is 7.14. The molecule has 1 heterocycles. The van der Waals surface area contributed by atoms with Crippen LogP contribution in [0.2, 0.25) is 0 Å². The first-order chi connectivity index (χ1) is 9.26. The van der Waals surface area contributed by atoms with Crippen molar-refractivity contribution in [2.24, 2.45) is 23.0 Å². The highest BCUT2D eigenvalue weighted by molar-refractivity contribution is 5.89. The van der Waals surface area contributed by atoms with Gasteiger partial charge in [-0.25, -0.2) is 0 Å². The van der Waals surface area contributed by atoms with E-state index < -0.39 is 5.54 Å². The molecular formula is C15H28N2O3. The van der Waals surface area contributed by atoms with Crippen LogP contribution < -0.4 is 11.1 Å². The SMILES string of the molecule is CC(C)[C@@H](CO)NC(=O)C1(N)C2CCCOC2C1(C)C. The summed E-state index contributed by atoms with van der Waals surface area (Å²) in [5.74, 6) is 0.105. The minimum atomic E-state index is -0.902. The van der Waals surface area contributed by atoms with E-state index in [0.29, 0.717) is 0 Å². The predicted octanol–water partition coefficient (Wildman–Crippen LogP) is 0.652. The number of amides is 1. The van der Waals surface area contributed by atoms with Crippen LogP contribution in [0.15, 0.2) is 0 Å². The number of nitrogens with one attached hydrogen (secondary N) is 1. The number of hydrogen-bond donors (Lipinski definition) is 3. The third kappa shape index (κ3) is 2.07. The zero-order valence-corrected chi connectivity index (χ0v) is 13.0. The third-order valence-corrected chi connectivity index (χ3v) is 5.38. The second kappa shape index (κ2) is 5.28. The Morgan fingerprint density at radius 2 is 2.15 bits per heavy atom. The molecule has 2 rings (SSSR count). The highest BCUT2D eigenvalue weighted by Gasteiger charge is 2.70. The van der Waals surface area contributed by atoms with E-state index in [1.54, 1.807) is 0 Å². The average Bonchev–Trinajstić information content (AvgIpc) is 2.43. The van der Waals surface area contributed by atoms with Crippen molar-refractivity contribution in [3.8, 4) is 0 Å². The Morgan fingerprint density at radius 3 is 2.70 bits per heavy atom. The van der Waals surface area contributed by atoms with Crippen molar-refractivity contribution in [1.82, 2.24) is 5.32 Å². The first kappa shape index (κ1) is 15.7. The molecule has 4 atom stereocenters. The fraction of sp³-hybridized carbons (Fsp3) is 0.933. The van der Waals surface area contributed by atoms with Crippen LogP contribution in [-0.2, 0) is 9.53 Å². The summed E-state index contributed by atoms with van der Waals surface area (Å²) in [4.78, 5) is 12.7. The Labute approximate surface area is 121 Å². The molecule has 5 heteroatoms. The van der Waals surface area contributed by atoms with Gasteiger partial charge in [-0.15, -0.1) is 0 Å². The molecule has 1 amide bonds. The van der Waals surface area contributed by atoms with Gasteiger partial charge in [-0.05, 0) is 18.8 Å². The Balaban J connectivity index is 2.15. The lowest BCUT2D eigenvalue weighted by molar-refractivity contribution is -0.225. The van der Waals surface area contributed by atoms with Crippen molar-refractivity contribution in [2.45, 2.75) is 58.2 Å². The van der Waals surface area contributed by atoms with Gasteiger partial charge in [-0.1, -0.05) is 27.7 Å². The van der Waals surface area contributed by atoms with Crippen LogP contribution in [0.3, 0.4) is 0 Å². The Hall–Kier alpha value is -0.650. The van der Waals surface area contributed by atoms with Gasteiger partial charge in [0, 0.05) is 17.9 Å². The van der Waals surface area contributed by atoms with Gasteiger partial charge in [0.25, 0.3) is 0 Å². The molecule has 1 aliphatic carbocycles. The summed E-state index contributed by atoms with van der Waals surface area (Å²) < 4.78 is 5.81. The average molecular weight is 284 g/mol. The van der Waals surface area contributed by atoms with E-state index in [2.05, 4.69) is 5.32 Å². The van der Waals surface area contributed by atoms with Crippen molar-refractivity contribution >= 4 is 5.91 Å². The minimum absolute atomic E-state index is 0.0650. The fourth-order valence-electron chi connectivity index (χ4n) is 3.75. The van der Waals surface area contributed by atoms with Crippen molar-refractivity contribution in [1.29, 1.82) is 0 Å². The maximum Gasteiger partial charge on any atom is 0.241 e. The molecule has 1 saturated heterocycles. The van der Waals surface area contributed by atoms with E-state index in [9.17, 15) is 9.90 Å². The fourth-order valence-corrected chi connectivity index (χ4v) is 3.75. The van der Waals surface area contributed by atoms with Gasteiger partial charge in [-0.3, -0.25) is 4.79 Å². The summed E-state index contributed by atoms with van der Waals surface area (Å²) in [5.41, 5.74) is 5.23. The number of nitrogens with two attached hydrogens (primary N) is 1. The zero-order chi connectivity index (χ0) is 15.1. The van der Waals surface area contributed by atoms with Gasteiger partial charge >= 0.3 is 0 Å². The normalized spacial score (nSPS) is 37.0. The van der Waals surface area contributed by atoms with Crippen LogP contribution in [0.1, 0.15) is 40.5 Å². The molecule has 3 unspecified atom stereocenters. The van der Waals surface area contributed by atoms with Crippen LogP contribution in [-0.4, -0.2) is 41.9 Å². The second-order valence-electron chi connectivity index (χ2n) is 7.14.